The molecule has 19 nitrogen and oxygen atoms in total. The minimum atomic E-state index is -4.18. The zero-order chi connectivity index (χ0) is 29.8. The molecule has 2 aliphatic heterocycles. The predicted molar refractivity (Wildman–Crippen MR) is 144 cm³/mol. The summed E-state index contributed by atoms with van der Waals surface area (Å²) in [5.41, 5.74) is 12.8. The van der Waals surface area contributed by atoms with Gasteiger partial charge in [-0.2, -0.15) is 0 Å². The molecule has 0 saturated carbocycles. The first-order valence-electron chi connectivity index (χ1n) is 12.6. The van der Waals surface area contributed by atoms with Crippen LogP contribution in [0.3, 0.4) is 0 Å². The van der Waals surface area contributed by atoms with Crippen molar-refractivity contribution in [3.8, 4) is 0 Å². The Balaban J connectivity index is 1.12. The van der Waals surface area contributed by atoms with Crippen LogP contribution in [-0.2, 0) is 23.1 Å². The average Bonchev–Trinajstić information content (AvgIpc) is 3.71. The van der Waals surface area contributed by atoms with Crippen LogP contribution in [0.15, 0.2) is 25.3 Å². The number of imidazole rings is 2. The monoisotopic (exact) mass is 626 g/mol. The second-order valence-electron chi connectivity index (χ2n) is 9.61. The predicted octanol–water partition coefficient (Wildman–Crippen LogP) is -1.47. The highest BCUT2D eigenvalue weighted by Crippen LogP contribution is 2.57. The summed E-state index contributed by atoms with van der Waals surface area (Å²) in [6.45, 7) is -5.03. The van der Waals surface area contributed by atoms with Gasteiger partial charge in [0.2, 0.25) is 0 Å². The lowest BCUT2D eigenvalue weighted by molar-refractivity contribution is -0.0500. The van der Waals surface area contributed by atoms with Crippen molar-refractivity contribution in [1.82, 2.24) is 39.0 Å². The third-order valence-corrected chi connectivity index (χ3v) is 8.71. The maximum Gasteiger partial charge on any atom is 0.386 e. The smallest absolute Gasteiger partial charge is 0.386 e. The van der Waals surface area contributed by atoms with Crippen LogP contribution in [0.25, 0.3) is 22.3 Å². The van der Waals surface area contributed by atoms with E-state index in [0.717, 1.165) is 0 Å². The van der Waals surface area contributed by atoms with Crippen LogP contribution in [0.2, 0.25) is 0 Å². The molecule has 4 aromatic rings. The molecular formula is C21H27N10O9PS. The van der Waals surface area contributed by atoms with Crippen molar-refractivity contribution in [2.75, 3.05) is 24.7 Å². The first-order valence-corrected chi connectivity index (χ1v) is 15.3. The molecule has 0 bridgehead atoms. The van der Waals surface area contributed by atoms with Crippen molar-refractivity contribution in [3.63, 3.8) is 0 Å². The van der Waals surface area contributed by atoms with Gasteiger partial charge in [-0.05, 0) is 0 Å². The van der Waals surface area contributed by atoms with Crippen molar-refractivity contribution in [1.29, 1.82) is 0 Å². The number of aliphatic hydroxyl groups is 4. The van der Waals surface area contributed by atoms with Crippen molar-refractivity contribution < 1.29 is 43.5 Å². The highest BCUT2D eigenvalue weighted by Gasteiger charge is 2.49. The summed E-state index contributed by atoms with van der Waals surface area (Å²) in [4.78, 5) is 24.3. The first-order chi connectivity index (χ1) is 20.1. The Kier molecular flexibility index (Phi) is 7.77. The number of fused-ring (bicyclic) bond motifs is 2. The topological polar surface area (TPSA) is 274 Å². The Bertz CT molecular complexity index is 1640. The van der Waals surface area contributed by atoms with Gasteiger partial charge in [0.25, 0.3) is 0 Å². The Morgan fingerprint density at radius 2 is 1.43 bits per heavy atom. The van der Waals surface area contributed by atoms with Crippen molar-refractivity contribution in [2.24, 2.45) is 0 Å². The highest BCUT2D eigenvalue weighted by molar-refractivity contribution is 8.44. The molecule has 4 aromatic heterocycles. The van der Waals surface area contributed by atoms with Gasteiger partial charge in [0, 0.05) is 6.42 Å². The minimum absolute atomic E-state index is 0.0266. The number of hydrogen-bond acceptors (Lipinski definition) is 17. The number of aliphatic hydroxyl groups excluding tert-OH is 4. The highest BCUT2D eigenvalue weighted by atomic mass is 32.7. The van der Waals surface area contributed by atoms with Crippen molar-refractivity contribution >= 4 is 53.0 Å². The number of nitrogens with zero attached hydrogens (tertiary/aromatic N) is 8. The zero-order valence-corrected chi connectivity index (χ0v) is 23.3. The van der Waals surface area contributed by atoms with E-state index in [0.29, 0.717) is 11.2 Å². The molecule has 226 valence electrons. The fraction of sp³-hybridized carbons (Fsp3) is 0.524. The van der Waals surface area contributed by atoms with Crippen LogP contribution in [0.5, 0.6) is 0 Å². The Hall–Kier alpha value is -3.04. The van der Waals surface area contributed by atoms with Gasteiger partial charge in [0.15, 0.2) is 35.4 Å². The second-order valence-corrected chi connectivity index (χ2v) is 12.5. The number of thiol groups is 1. The first kappa shape index (κ1) is 29.1. The van der Waals surface area contributed by atoms with Gasteiger partial charge in [-0.1, -0.05) is 12.2 Å². The number of nitrogens with two attached hydrogens (primary N) is 2. The average molecular weight is 627 g/mol. The number of aromatic nitrogens is 8. The van der Waals surface area contributed by atoms with Crippen LogP contribution in [-0.4, -0.2) is 109 Å². The minimum Gasteiger partial charge on any atom is -0.394 e. The van der Waals surface area contributed by atoms with E-state index in [2.05, 4.69) is 42.2 Å². The van der Waals surface area contributed by atoms with Crippen LogP contribution < -0.4 is 11.5 Å². The largest absolute Gasteiger partial charge is 0.394 e. The van der Waals surface area contributed by atoms with Gasteiger partial charge in [0.05, 0.1) is 32.0 Å². The molecule has 0 radical (unpaired) electrons. The van der Waals surface area contributed by atoms with E-state index in [4.69, 9.17) is 30.0 Å². The SMILES string of the molecule is Nc1ncnc2c1ncn2[C@@H]1O[C@H](CCOP(=O)(S)O[C@@H]2[C@H](O)[C@@H](CO)O[C@H]2n2cnc3c(N)ncnc32)[C@@H](O)[C@H]1O. The molecule has 6 heterocycles. The standard InChI is InChI=1S/C21H27N10O9PS/c22-16-10-18(26-4-24-16)30(6-28-10)20-14(35)12(33)8(38-20)1-2-37-41(36,42)40-15-13(34)9(3-32)39-21(15)31-7-29-11-17(23)25-5-27-19(11)31/h4-9,12-15,20-21,32-35H,1-3H2,(H,36,42)(H2,22,24,26)(H2,23,25,27)/t8-,9-,12-,13-,14-,15-,20-,21-,41?/m1/s1. The number of hydrogen-bond donors (Lipinski definition) is 7. The third kappa shape index (κ3) is 5.08. The van der Waals surface area contributed by atoms with Gasteiger partial charge in [-0.15, -0.1) is 0 Å². The quantitative estimate of drug-likeness (QED) is 0.0825. The van der Waals surface area contributed by atoms with Crippen molar-refractivity contribution in [2.45, 2.75) is 55.5 Å². The summed E-state index contributed by atoms with van der Waals surface area (Å²) < 4.78 is 38.7. The van der Waals surface area contributed by atoms with E-state index < -0.39 is 62.5 Å². The number of anilines is 2. The van der Waals surface area contributed by atoms with Gasteiger partial charge < -0.3 is 45.9 Å². The molecule has 21 heteroatoms. The Morgan fingerprint density at radius 3 is 2.02 bits per heavy atom. The Labute approximate surface area is 241 Å². The van der Waals surface area contributed by atoms with E-state index in [-0.39, 0.29) is 35.8 Å². The summed E-state index contributed by atoms with van der Waals surface area (Å²) in [5.74, 6) is 0.254. The molecule has 1 unspecified atom stereocenters. The molecular weight excluding hydrogens is 599 g/mol. The molecule has 0 aromatic carbocycles. The van der Waals surface area contributed by atoms with Crippen molar-refractivity contribution in [3.05, 3.63) is 25.3 Å². The summed E-state index contributed by atoms with van der Waals surface area (Å²) in [6, 6.07) is 0. The normalized spacial score (nSPS) is 31.3. The lowest BCUT2D eigenvalue weighted by Gasteiger charge is -2.25. The van der Waals surface area contributed by atoms with Gasteiger partial charge in [-0.3, -0.25) is 13.7 Å². The molecule has 0 aliphatic carbocycles. The zero-order valence-electron chi connectivity index (χ0n) is 21.5. The fourth-order valence-electron chi connectivity index (χ4n) is 4.99. The van der Waals surface area contributed by atoms with Gasteiger partial charge >= 0.3 is 6.80 Å². The third-order valence-electron chi connectivity index (χ3n) is 7.06. The van der Waals surface area contributed by atoms with Crippen LogP contribution in [0, 0.1) is 0 Å². The molecule has 2 fully saturated rings. The van der Waals surface area contributed by atoms with Crippen LogP contribution in [0.4, 0.5) is 11.6 Å². The molecule has 0 spiro atoms. The summed E-state index contributed by atoms with van der Waals surface area (Å²) >= 11 is 4.04. The van der Waals surface area contributed by atoms with E-state index in [1.807, 2.05) is 0 Å². The molecule has 2 aliphatic rings. The number of ether oxygens (including phenoxy) is 2. The number of rotatable bonds is 9. The van der Waals surface area contributed by atoms with E-state index in [1.54, 1.807) is 0 Å². The second kappa shape index (κ2) is 11.2. The van der Waals surface area contributed by atoms with E-state index >= 15 is 0 Å². The maximum absolute atomic E-state index is 13.2. The molecule has 42 heavy (non-hydrogen) atoms. The summed E-state index contributed by atoms with van der Waals surface area (Å²) in [6.07, 6.45) is -4.55. The maximum atomic E-state index is 13.2. The number of nitrogen functional groups attached to an aromatic ring is 2. The van der Waals surface area contributed by atoms with Crippen LogP contribution >= 0.6 is 19.0 Å². The molecule has 6 rings (SSSR count). The molecule has 8 N–H and O–H groups in total. The molecule has 9 atom stereocenters. The van der Waals surface area contributed by atoms with E-state index in [1.165, 1.54) is 34.4 Å². The Morgan fingerprint density at radius 1 is 0.857 bits per heavy atom. The summed E-state index contributed by atoms with van der Waals surface area (Å²) in [7, 11) is 0. The lowest BCUT2D eigenvalue weighted by atomic mass is 10.1. The van der Waals surface area contributed by atoms with Gasteiger partial charge in [-0.25, -0.2) is 34.5 Å². The summed E-state index contributed by atoms with van der Waals surface area (Å²) in [5, 5.41) is 41.7. The molecule has 2 saturated heterocycles. The molecule has 0 amide bonds. The van der Waals surface area contributed by atoms with Gasteiger partial charge in [0.1, 0.15) is 54.2 Å². The fourth-order valence-corrected chi connectivity index (χ4v) is 6.49. The lowest BCUT2D eigenvalue weighted by Crippen LogP contribution is -2.35. The van der Waals surface area contributed by atoms with Crippen LogP contribution in [0.1, 0.15) is 18.9 Å². The van der Waals surface area contributed by atoms with E-state index in [9.17, 15) is 25.0 Å².